The topological polar surface area (TPSA) is 54.4 Å². The van der Waals surface area contributed by atoms with Crippen LogP contribution < -0.4 is 0 Å². The molecule has 1 rings (SSSR count). The van der Waals surface area contributed by atoms with Gasteiger partial charge in [-0.05, 0) is 18.9 Å². The summed E-state index contributed by atoms with van der Waals surface area (Å²) in [5, 5.41) is 9.02. The summed E-state index contributed by atoms with van der Waals surface area (Å²) in [6.45, 7) is 5.02. The third kappa shape index (κ3) is 2.79. The van der Waals surface area contributed by atoms with Crippen molar-refractivity contribution in [3.63, 3.8) is 0 Å². The number of hydrogen-bond acceptors (Lipinski definition) is 2. The standard InChI is InChI=1S/C13H14O3/c1-3-4-12(13(15)16)11-7-5-10(6-8-11)9(2)14/h3,5-8,12H,1,4H2,2H3,(H,15,16). The molecule has 16 heavy (non-hydrogen) atoms. The van der Waals surface area contributed by atoms with Crippen LogP contribution in [0.4, 0.5) is 0 Å². The van der Waals surface area contributed by atoms with Crippen LogP contribution in [-0.2, 0) is 4.79 Å². The molecule has 0 amide bonds. The minimum atomic E-state index is -0.879. The Labute approximate surface area is 94.4 Å². The minimum Gasteiger partial charge on any atom is -0.481 e. The molecule has 1 aromatic rings. The molecule has 84 valence electrons. The number of carboxylic acid groups (broad SMARTS) is 1. The molecule has 0 aromatic heterocycles. The molecular formula is C13H14O3. The molecule has 1 N–H and O–H groups in total. The molecule has 0 fully saturated rings. The monoisotopic (exact) mass is 218 g/mol. The Kier molecular flexibility index (Phi) is 4.00. The molecule has 1 aromatic carbocycles. The Morgan fingerprint density at radius 2 is 1.94 bits per heavy atom. The van der Waals surface area contributed by atoms with Crippen molar-refractivity contribution in [3.8, 4) is 0 Å². The first-order valence-electron chi connectivity index (χ1n) is 5.01. The lowest BCUT2D eigenvalue weighted by molar-refractivity contribution is -0.138. The maximum absolute atomic E-state index is 11.1. The van der Waals surface area contributed by atoms with E-state index in [1.807, 2.05) is 0 Å². The van der Waals surface area contributed by atoms with Gasteiger partial charge in [0.1, 0.15) is 0 Å². The third-order valence-electron chi connectivity index (χ3n) is 2.42. The first-order chi connectivity index (χ1) is 7.56. The summed E-state index contributed by atoms with van der Waals surface area (Å²) in [5.74, 6) is -1.49. The van der Waals surface area contributed by atoms with Crippen LogP contribution in [0.25, 0.3) is 0 Å². The van der Waals surface area contributed by atoms with E-state index in [1.54, 1.807) is 30.3 Å². The van der Waals surface area contributed by atoms with E-state index in [2.05, 4.69) is 6.58 Å². The number of benzene rings is 1. The Morgan fingerprint density at radius 1 is 1.38 bits per heavy atom. The van der Waals surface area contributed by atoms with Gasteiger partial charge in [-0.2, -0.15) is 0 Å². The first-order valence-corrected chi connectivity index (χ1v) is 5.01. The molecule has 0 aliphatic heterocycles. The van der Waals surface area contributed by atoms with E-state index in [-0.39, 0.29) is 5.78 Å². The van der Waals surface area contributed by atoms with Gasteiger partial charge in [-0.1, -0.05) is 30.3 Å². The van der Waals surface area contributed by atoms with Gasteiger partial charge in [-0.3, -0.25) is 9.59 Å². The smallest absolute Gasteiger partial charge is 0.311 e. The van der Waals surface area contributed by atoms with Crippen LogP contribution in [0.3, 0.4) is 0 Å². The molecule has 0 aliphatic rings. The number of carboxylic acids is 1. The van der Waals surface area contributed by atoms with Crippen molar-refractivity contribution in [1.82, 2.24) is 0 Å². The number of allylic oxidation sites excluding steroid dienone is 1. The van der Waals surface area contributed by atoms with E-state index in [0.29, 0.717) is 17.5 Å². The second-order valence-corrected chi connectivity index (χ2v) is 3.59. The van der Waals surface area contributed by atoms with Crippen molar-refractivity contribution in [2.24, 2.45) is 0 Å². The molecule has 1 atom stereocenters. The highest BCUT2D eigenvalue weighted by Gasteiger charge is 2.17. The molecule has 0 saturated carbocycles. The van der Waals surface area contributed by atoms with E-state index < -0.39 is 11.9 Å². The average Bonchev–Trinajstić information content (AvgIpc) is 2.25. The summed E-state index contributed by atoms with van der Waals surface area (Å²) >= 11 is 0. The van der Waals surface area contributed by atoms with E-state index in [4.69, 9.17) is 5.11 Å². The van der Waals surface area contributed by atoms with Gasteiger partial charge in [0, 0.05) is 5.56 Å². The maximum atomic E-state index is 11.1. The molecule has 0 aliphatic carbocycles. The highest BCUT2D eigenvalue weighted by molar-refractivity contribution is 5.94. The Balaban J connectivity index is 2.98. The van der Waals surface area contributed by atoms with Crippen LogP contribution in [-0.4, -0.2) is 16.9 Å². The van der Waals surface area contributed by atoms with Gasteiger partial charge in [0.2, 0.25) is 0 Å². The Bertz CT molecular complexity index is 404. The Morgan fingerprint density at radius 3 is 2.31 bits per heavy atom. The molecule has 0 spiro atoms. The molecule has 3 heteroatoms. The summed E-state index contributed by atoms with van der Waals surface area (Å²) < 4.78 is 0. The summed E-state index contributed by atoms with van der Waals surface area (Å²) in [6.07, 6.45) is 1.96. The number of ketones is 1. The molecule has 0 saturated heterocycles. The predicted molar refractivity (Wildman–Crippen MR) is 61.6 cm³/mol. The fourth-order valence-corrected chi connectivity index (χ4v) is 1.50. The lowest BCUT2D eigenvalue weighted by atomic mass is 9.94. The fourth-order valence-electron chi connectivity index (χ4n) is 1.50. The first kappa shape index (κ1) is 12.2. The predicted octanol–water partition coefficient (Wildman–Crippen LogP) is 2.63. The van der Waals surface area contributed by atoms with Crippen LogP contribution >= 0.6 is 0 Å². The number of rotatable bonds is 5. The van der Waals surface area contributed by atoms with Crippen molar-refractivity contribution >= 4 is 11.8 Å². The minimum absolute atomic E-state index is 0.0258. The van der Waals surface area contributed by atoms with E-state index in [0.717, 1.165) is 0 Å². The van der Waals surface area contributed by atoms with Gasteiger partial charge in [0.25, 0.3) is 0 Å². The SMILES string of the molecule is C=CCC(C(=O)O)c1ccc(C(C)=O)cc1. The molecule has 0 radical (unpaired) electrons. The van der Waals surface area contributed by atoms with Crippen LogP contribution in [0, 0.1) is 0 Å². The van der Waals surface area contributed by atoms with Crippen molar-refractivity contribution < 1.29 is 14.7 Å². The van der Waals surface area contributed by atoms with Gasteiger partial charge >= 0.3 is 5.97 Å². The van der Waals surface area contributed by atoms with E-state index in [1.165, 1.54) is 6.92 Å². The fraction of sp³-hybridized carbons (Fsp3) is 0.231. The van der Waals surface area contributed by atoms with Gasteiger partial charge in [0.15, 0.2) is 5.78 Å². The van der Waals surface area contributed by atoms with Gasteiger partial charge in [0.05, 0.1) is 5.92 Å². The molecule has 1 unspecified atom stereocenters. The average molecular weight is 218 g/mol. The van der Waals surface area contributed by atoms with Crippen LogP contribution in [0.5, 0.6) is 0 Å². The highest BCUT2D eigenvalue weighted by atomic mass is 16.4. The number of hydrogen-bond donors (Lipinski definition) is 1. The van der Waals surface area contributed by atoms with Crippen molar-refractivity contribution in [2.45, 2.75) is 19.3 Å². The van der Waals surface area contributed by atoms with Crippen LogP contribution in [0.15, 0.2) is 36.9 Å². The van der Waals surface area contributed by atoms with Crippen molar-refractivity contribution in [2.75, 3.05) is 0 Å². The maximum Gasteiger partial charge on any atom is 0.311 e. The number of carbonyl (C=O) groups is 2. The second kappa shape index (κ2) is 5.26. The van der Waals surface area contributed by atoms with Gasteiger partial charge in [-0.15, -0.1) is 6.58 Å². The summed E-state index contributed by atoms with van der Waals surface area (Å²) in [7, 11) is 0. The summed E-state index contributed by atoms with van der Waals surface area (Å²) in [5.41, 5.74) is 1.28. The van der Waals surface area contributed by atoms with Gasteiger partial charge in [-0.25, -0.2) is 0 Å². The largest absolute Gasteiger partial charge is 0.481 e. The van der Waals surface area contributed by atoms with Crippen molar-refractivity contribution in [1.29, 1.82) is 0 Å². The molecular weight excluding hydrogens is 204 g/mol. The Hall–Kier alpha value is -1.90. The highest BCUT2D eigenvalue weighted by Crippen LogP contribution is 2.21. The summed E-state index contributed by atoms with van der Waals surface area (Å²) in [4.78, 5) is 22.0. The zero-order chi connectivity index (χ0) is 12.1. The zero-order valence-corrected chi connectivity index (χ0v) is 9.14. The molecule has 0 heterocycles. The van der Waals surface area contributed by atoms with E-state index >= 15 is 0 Å². The quantitative estimate of drug-likeness (QED) is 0.610. The van der Waals surface area contributed by atoms with Gasteiger partial charge < -0.3 is 5.11 Å². The number of carbonyl (C=O) groups excluding carboxylic acids is 1. The number of Topliss-reactive ketones (excluding diaryl/α,β-unsaturated/α-hetero) is 1. The normalized spacial score (nSPS) is 11.8. The van der Waals surface area contributed by atoms with Crippen molar-refractivity contribution in [3.05, 3.63) is 48.0 Å². The zero-order valence-electron chi connectivity index (χ0n) is 9.14. The third-order valence-corrected chi connectivity index (χ3v) is 2.42. The van der Waals surface area contributed by atoms with Crippen LogP contribution in [0.2, 0.25) is 0 Å². The molecule has 0 bridgehead atoms. The molecule has 3 nitrogen and oxygen atoms in total. The summed E-state index contributed by atoms with van der Waals surface area (Å²) in [6, 6.07) is 6.66. The second-order valence-electron chi connectivity index (χ2n) is 3.59. The lowest BCUT2D eigenvalue weighted by Crippen LogP contribution is -2.10. The number of aliphatic carboxylic acids is 1. The lowest BCUT2D eigenvalue weighted by Gasteiger charge is -2.10. The van der Waals surface area contributed by atoms with E-state index in [9.17, 15) is 9.59 Å². The van der Waals surface area contributed by atoms with Crippen LogP contribution in [0.1, 0.15) is 35.2 Å².